The Kier molecular flexibility index (Phi) is 18.4. The standard InChI is InChI=1S/2C26H20N2.C8H6N4.Ru/c2*1-3-7-21(8-4-1)11-13-23-15-17-27-25(19-23)26-20-24(16-18-28-26)14-12-22-9-5-2-6-10-22;1-3-9-7(10-4-1)8-11-5-2-6-12-8;/h2*1-20H;1-6H;/b2*13-11+,14-12+;;. The fraction of sp³-hybridized carbons (Fsp3) is 0. The summed E-state index contributed by atoms with van der Waals surface area (Å²) in [5.41, 5.74) is 12.5. The Morgan fingerprint density at radius 2 is 0.420 bits per heavy atom. The van der Waals surface area contributed by atoms with Crippen molar-refractivity contribution in [3.8, 4) is 34.4 Å². The molecule has 4 aromatic carbocycles. The van der Waals surface area contributed by atoms with Crippen LogP contribution in [0.3, 0.4) is 0 Å². The molecule has 0 aliphatic carbocycles. The van der Waals surface area contributed by atoms with Gasteiger partial charge in [0.1, 0.15) is 0 Å². The van der Waals surface area contributed by atoms with Gasteiger partial charge in [-0.1, -0.05) is 170 Å². The zero-order chi connectivity index (χ0) is 46.3. The second-order valence-corrected chi connectivity index (χ2v) is 15.0. The average molecular weight is 980 g/mol. The summed E-state index contributed by atoms with van der Waals surface area (Å²) < 4.78 is 0. The van der Waals surface area contributed by atoms with Crippen molar-refractivity contribution in [3.63, 3.8) is 0 Å². The molecule has 69 heavy (non-hydrogen) atoms. The van der Waals surface area contributed by atoms with Crippen LogP contribution in [0, 0.1) is 0 Å². The van der Waals surface area contributed by atoms with Gasteiger partial charge in [-0.2, -0.15) is 0 Å². The minimum atomic E-state index is 0. The van der Waals surface area contributed by atoms with Crippen LogP contribution in [0.4, 0.5) is 0 Å². The van der Waals surface area contributed by atoms with Crippen LogP contribution in [-0.2, 0) is 19.5 Å². The number of rotatable bonds is 11. The molecule has 9 heteroatoms. The van der Waals surface area contributed by atoms with Gasteiger partial charge in [0, 0.05) is 69.1 Å². The van der Waals surface area contributed by atoms with Gasteiger partial charge in [-0.25, -0.2) is 19.9 Å². The van der Waals surface area contributed by atoms with Crippen LogP contribution < -0.4 is 0 Å². The smallest absolute Gasteiger partial charge is 0.197 e. The molecule has 10 aromatic rings. The van der Waals surface area contributed by atoms with Gasteiger partial charge in [-0.3, -0.25) is 19.9 Å². The monoisotopic (exact) mass is 980 g/mol. The van der Waals surface area contributed by atoms with E-state index in [-0.39, 0.29) is 19.5 Å². The number of aromatic nitrogens is 8. The van der Waals surface area contributed by atoms with Crippen LogP contribution in [0.2, 0.25) is 0 Å². The van der Waals surface area contributed by atoms with E-state index in [2.05, 4.69) is 161 Å². The van der Waals surface area contributed by atoms with E-state index in [1.807, 2.05) is 122 Å². The maximum atomic E-state index is 4.50. The second-order valence-electron chi connectivity index (χ2n) is 15.0. The summed E-state index contributed by atoms with van der Waals surface area (Å²) in [6, 6.07) is 60.8. The van der Waals surface area contributed by atoms with E-state index in [0.29, 0.717) is 11.6 Å². The molecule has 0 fully saturated rings. The largest absolute Gasteiger partial charge is 0.255 e. The molecule has 0 spiro atoms. The Morgan fingerprint density at radius 1 is 0.203 bits per heavy atom. The molecule has 0 saturated carbocycles. The Labute approximate surface area is 416 Å². The molecule has 6 heterocycles. The normalized spacial score (nSPS) is 10.8. The first-order valence-electron chi connectivity index (χ1n) is 22.0. The van der Waals surface area contributed by atoms with Crippen LogP contribution in [-0.4, -0.2) is 39.9 Å². The van der Waals surface area contributed by atoms with E-state index >= 15 is 0 Å². The Bertz CT molecular complexity index is 2800. The quantitative estimate of drug-likeness (QED) is 0.118. The molecular formula is C60H46N8Ru. The third-order valence-corrected chi connectivity index (χ3v) is 10.1. The third-order valence-electron chi connectivity index (χ3n) is 10.1. The molecule has 0 saturated heterocycles. The maximum Gasteiger partial charge on any atom is 0.197 e. The molecule has 0 bridgehead atoms. The maximum absolute atomic E-state index is 4.50. The van der Waals surface area contributed by atoms with E-state index in [0.717, 1.165) is 45.0 Å². The minimum Gasteiger partial charge on any atom is -0.255 e. The van der Waals surface area contributed by atoms with Crippen molar-refractivity contribution in [2.75, 3.05) is 0 Å². The zero-order valence-corrected chi connectivity index (χ0v) is 39.2. The van der Waals surface area contributed by atoms with Gasteiger partial charge >= 0.3 is 0 Å². The fourth-order valence-corrected chi connectivity index (χ4v) is 6.62. The summed E-state index contributed by atoms with van der Waals surface area (Å²) in [4.78, 5) is 34.1. The van der Waals surface area contributed by atoms with Crippen LogP contribution in [0.5, 0.6) is 0 Å². The molecule has 0 aliphatic rings. The van der Waals surface area contributed by atoms with Crippen molar-refractivity contribution in [1.29, 1.82) is 0 Å². The van der Waals surface area contributed by atoms with Gasteiger partial charge in [0.15, 0.2) is 11.6 Å². The van der Waals surface area contributed by atoms with Gasteiger partial charge in [0.05, 0.1) is 22.8 Å². The Balaban J connectivity index is 0.000000163. The van der Waals surface area contributed by atoms with Crippen molar-refractivity contribution < 1.29 is 19.5 Å². The van der Waals surface area contributed by atoms with Crippen molar-refractivity contribution >= 4 is 48.6 Å². The summed E-state index contributed by atoms with van der Waals surface area (Å²) in [7, 11) is 0. The van der Waals surface area contributed by atoms with Gasteiger partial charge in [0.2, 0.25) is 0 Å². The van der Waals surface area contributed by atoms with Crippen molar-refractivity contribution in [2.24, 2.45) is 0 Å². The molecule has 8 nitrogen and oxygen atoms in total. The average Bonchev–Trinajstić information content (AvgIpc) is 3.43. The SMILES string of the molecule is C(=C\c1ccnc(-c2cc(/C=C/c3ccccc3)ccn2)c1)/c1ccccc1.C(=C\c1ccnc(-c2cc(/C=C/c3ccccc3)ccn2)c1)/c1ccccc1.[Ru].c1cnc(-c2ncccn2)nc1. The molecule has 0 amide bonds. The van der Waals surface area contributed by atoms with Crippen molar-refractivity contribution in [2.45, 2.75) is 0 Å². The minimum absolute atomic E-state index is 0. The second kappa shape index (κ2) is 26.4. The zero-order valence-electron chi connectivity index (χ0n) is 37.5. The Morgan fingerprint density at radius 3 is 0.652 bits per heavy atom. The summed E-state index contributed by atoms with van der Waals surface area (Å²) in [6.45, 7) is 0. The van der Waals surface area contributed by atoms with Crippen LogP contribution in [0.25, 0.3) is 83.0 Å². The third kappa shape index (κ3) is 15.7. The Hall–Kier alpha value is -8.78. The predicted molar refractivity (Wildman–Crippen MR) is 279 cm³/mol. The molecule has 334 valence electrons. The molecule has 6 aromatic heterocycles. The van der Waals surface area contributed by atoms with Gasteiger partial charge in [-0.15, -0.1) is 0 Å². The van der Waals surface area contributed by atoms with E-state index in [4.69, 9.17) is 0 Å². The molecule has 10 rings (SSSR count). The van der Waals surface area contributed by atoms with Gasteiger partial charge < -0.3 is 0 Å². The first kappa shape index (κ1) is 48.2. The van der Waals surface area contributed by atoms with E-state index in [9.17, 15) is 0 Å². The first-order chi connectivity index (χ1) is 33.7. The van der Waals surface area contributed by atoms with E-state index in [1.54, 1.807) is 36.9 Å². The number of benzene rings is 4. The molecule has 0 aliphatic heterocycles. The molecule has 0 radical (unpaired) electrons. The number of pyridine rings is 4. The van der Waals surface area contributed by atoms with Crippen molar-refractivity contribution in [3.05, 3.63) is 276 Å². The van der Waals surface area contributed by atoms with E-state index in [1.165, 1.54) is 22.3 Å². The topological polar surface area (TPSA) is 103 Å². The van der Waals surface area contributed by atoms with E-state index < -0.39 is 0 Å². The number of hydrogen-bond donors (Lipinski definition) is 0. The molecule has 0 unspecified atom stereocenters. The molecule has 0 atom stereocenters. The summed E-state index contributed by atoms with van der Waals surface area (Å²) in [5, 5.41) is 0. The summed E-state index contributed by atoms with van der Waals surface area (Å²) in [6.07, 6.45) is 30.8. The first-order valence-corrected chi connectivity index (χ1v) is 22.0. The molecular weight excluding hydrogens is 934 g/mol. The predicted octanol–water partition coefficient (Wildman–Crippen LogP) is 13.9. The van der Waals surface area contributed by atoms with Gasteiger partial charge in [-0.05, 0) is 105 Å². The fourth-order valence-electron chi connectivity index (χ4n) is 6.62. The molecule has 0 N–H and O–H groups in total. The number of hydrogen-bond acceptors (Lipinski definition) is 8. The van der Waals surface area contributed by atoms with Crippen LogP contribution in [0.15, 0.2) is 232 Å². The van der Waals surface area contributed by atoms with Gasteiger partial charge in [0.25, 0.3) is 0 Å². The number of nitrogens with zero attached hydrogens (tertiary/aromatic N) is 8. The summed E-state index contributed by atoms with van der Waals surface area (Å²) >= 11 is 0. The van der Waals surface area contributed by atoms with Crippen LogP contribution >= 0.6 is 0 Å². The van der Waals surface area contributed by atoms with Crippen LogP contribution in [0.1, 0.15) is 44.5 Å². The van der Waals surface area contributed by atoms with Crippen molar-refractivity contribution in [1.82, 2.24) is 39.9 Å². The summed E-state index contributed by atoms with van der Waals surface area (Å²) in [5.74, 6) is 1.11.